The second kappa shape index (κ2) is 6.86. The second-order valence-corrected chi connectivity index (χ2v) is 7.02. The third-order valence-electron chi connectivity index (χ3n) is 5.11. The third kappa shape index (κ3) is 3.31. The van der Waals surface area contributed by atoms with Gasteiger partial charge in [0.05, 0.1) is 18.2 Å². The molecule has 2 heterocycles. The number of carbonyl (C=O) groups is 2. The maximum atomic E-state index is 13.3. The van der Waals surface area contributed by atoms with Gasteiger partial charge in [0.25, 0.3) is 5.91 Å². The van der Waals surface area contributed by atoms with E-state index in [1.165, 1.54) is 27.9 Å². The summed E-state index contributed by atoms with van der Waals surface area (Å²) in [6.07, 6.45) is 1.92. The second-order valence-electron chi connectivity index (χ2n) is 7.02. The number of likely N-dealkylation sites (tertiary alicyclic amines) is 1. The lowest BCUT2D eigenvalue weighted by Gasteiger charge is -2.28. The molecule has 1 aliphatic rings. The van der Waals surface area contributed by atoms with E-state index >= 15 is 0 Å². The average molecular weight is 360 g/mol. The summed E-state index contributed by atoms with van der Waals surface area (Å²) in [5, 5.41) is 17.4. The Morgan fingerprint density at radius 1 is 1.38 bits per heavy atom. The molecule has 0 aliphatic carbocycles. The van der Waals surface area contributed by atoms with Crippen molar-refractivity contribution in [3.63, 3.8) is 0 Å². The molecule has 138 valence electrons. The van der Waals surface area contributed by atoms with Crippen molar-refractivity contribution in [1.29, 1.82) is 0 Å². The van der Waals surface area contributed by atoms with Crippen molar-refractivity contribution in [1.82, 2.24) is 19.9 Å². The van der Waals surface area contributed by atoms with Crippen LogP contribution in [-0.2, 0) is 11.3 Å². The minimum atomic E-state index is -0.923. The number of carboxylic acids is 1. The lowest BCUT2D eigenvalue weighted by Crippen LogP contribution is -2.40. The van der Waals surface area contributed by atoms with E-state index in [4.69, 9.17) is 0 Å². The summed E-state index contributed by atoms with van der Waals surface area (Å²) >= 11 is 0. The molecule has 26 heavy (non-hydrogen) atoms. The number of aromatic nitrogens is 3. The zero-order valence-corrected chi connectivity index (χ0v) is 14.7. The minimum absolute atomic E-state index is 0.0820. The molecule has 0 radical (unpaired) electrons. The predicted octanol–water partition coefficient (Wildman–Crippen LogP) is 2.04. The third-order valence-corrected chi connectivity index (χ3v) is 5.11. The molecule has 1 aromatic heterocycles. The molecule has 1 amide bonds. The largest absolute Gasteiger partial charge is 0.481 e. The van der Waals surface area contributed by atoms with E-state index in [1.807, 2.05) is 13.8 Å². The molecule has 1 saturated heterocycles. The van der Waals surface area contributed by atoms with Gasteiger partial charge in [-0.15, -0.1) is 5.10 Å². The summed E-state index contributed by atoms with van der Waals surface area (Å²) in [4.78, 5) is 25.9. The van der Waals surface area contributed by atoms with Crippen molar-refractivity contribution in [2.75, 3.05) is 13.1 Å². The molecule has 0 spiro atoms. The molecule has 8 heteroatoms. The van der Waals surface area contributed by atoms with Crippen molar-refractivity contribution in [2.45, 2.75) is 26.8 Å². The minimum Gasteiger partial charge on any atom is -0.481 e. The van der Waals surface area contributed by atoms with E-state index in [0.29, 0.717) is 25.1 Å². The highest BCUT2D eigenvalue weighted by Gasteiger charge is 2.48. The number of hydrogen-bond acceptors (Lipinski definition) is 4. The zero-order chi connectivity index (χ0) is 18.9. The Morgan fingerprint density at radius 2 is 2.15 bits per heavy atom. The van der Waals surface area contributed by atoms with E-state index in [9.17, 15) is 19.1 Å². The van der Waals surface area contributed by atoms with E-state index in [0.717, 1.165) is 0 Å². The molecular weight excluding hydrogens is 339 g/mol. The van der Waals surface area contributed by atoms with Gasteiger partial charge in [0.1, 0.15) is 5.82 Å². The lowest BCUT2D eigenvalue weighted by molar-refractivity contribution is -0.150. The Balaban J connectivity index is 1.72. The Hall–Kier alpha value is -2.77. The van der Waals surface area contributed by atoms with E-state index in [2.05, 4.69) is 10.3 Å². The fourth-order valence-electron chi connectivity index (χ4n) is 3.36. The molecule has 0 bridgehead atoms. The summed E-state index contributed by atoms with van der Waals surface area (Å²) in [5.41, 5.74) is -0.0566. The Bertz CT molecular complexity index is 835. The lowest BCUT2D eigenvalue weighted by atomic mass is 9.76. The van der Waals surface area contributed by atoms with Crippen LogP contribution >= 0.6 is 0 Å². The molecule has 1 fully saturated rings. The average Bonchev–Trinajstić information content (AvgIpc) is 3.22. The van der Waals surface area contributed by atoms with Gasteiger partial charge >= 0.3 is 5.97 Å². The first-order chi connectivity index (χ1) is 12.3. The van der Waals surface area contributed by atoms with Crippen molar-refractivity contribution < 1.29 is 19.1 Å². The van der Waals surface area contributed by atoms with Crippen molar-refractivity contribution in [3.05, 3.63) is 47.5 Å². The smallest absolute Gasteiger partial charge is 0.311 e. The fraction of sp³-hybridized carbons (Fsp3) is 0.444. The standard InChI is InChI=1S/C18H21FN4O3/c1-12(2)18(17(25)26)6-7-22(11-18)16(24)15-10-23(21-20-15)9-13-4-3-5-14(19)8-13/h3-5,8,10,12H,6-7,9,11H2,1-2H3,(H,25,26). The highest BCUT2D eigenvalue weighted by atomic mass is 19.1. The molecular formula is C18H21FN4O3. The molecule has 1 aromatic carbocycles. The van der Waals surface area contributed by atoms with Gasteiger partial charge in [0.2, 0.25) is 0 Å². The first-order valence-corrected chi connectivity index (χ1v) is 8.49. The van der Waals surface area contributed by atoms with Gasteiger partial charge in [-0.05, 0) is 30.0 Å². The van der Waals surface area contributed by atoms with Crippen LogP contribution in [0.15, 0.2) is 30.5 Å². The van der Waals surface area contributed by atoms with Crippen LogP contribution in [0.5, 0.6) is 0 Å². The number of aliphatic carboxylic acids is 1. The molecule has 2 aromatic rings. The summed E-state index contributed by atoms with van der Waals surface area (Å²) in [7, 11) is 0. The summed E-state index contributed by atoms with van der Waals surface area (Å²) in [6.45, 7) is 4.55. The number of hydrogen-bond donors (Lipinski definition) is 1. The first kappa shape index (κ1) is 18.0. The van der Waals surface area contributed by atoms with E-state index in [-0.39, 0.29) is 29.9 Å². The molecule has 7 nitrogen and oxygen atoms in total. The van der Waals surface area contributed by atoms with Crippen LogP contribution in [-0.4, -0.2) is 50.0 Å². The summed E-state index contributed by atoms with van der Waals surface area (Å²) in [6, 6.07) is 6.12. The molecule has 1 unspecified atom stereocenters. The molecule has 1 N–H and O–H groups in total. The van der Waals surface area contributed by atoms with Crippen LogP contribution in [0.2, 0.25) is 0 Å². The monoisotopic (exact) mass is 360 g/mol. The van der Waals surface area contributed by atoms with Gasteiger partial charge < -0.3 is 10.0 Å². The summed E-state index contributed by atoms with van der Waals surface area (Å²) < 4.78 is 14.7. The number of carbonyl (C=O) groups excluding carboxylic acids is 1. The number of amides is 1. The van der Waals surface area contributed by atoms with Crippen LogP contribution < -0.4 is 0 Å². The van der Waals surface area contributed by atoms with Gasteiger partial charge in [-0.25, -0.2) is 9.07 Å². The number of carboxylic acid groups (broad SMARTS) is 1. The van der Waals surface area contributed by atoms with Gasteiger partial charge in [0.15, 0.2) is 5.69 Å². The Kier molecular flexibility index (Phi) is 4.76. The predicted molar refractivity (Wildman–Crippen MR) is 91.0 cm³/mol. The maximum Gasteiger partial charge on any atom is 0.311 e. The maximum absolute atomic E-state index is 13.3. The fourth-order valence-corrected chi connectivity index (χ4v) is 3.36. The topological polar surface area (TPSA) is 88.3 Å². The Morgan fingerprint density at radius 3 is 2.77 bits per heavy atom. The highest BCUT2D eigenvalue weighted by Crippen LogP contribution is 2.38. The van der Waals surface area contributed by atoms with Crippen LogP contribution in [0.25, 0.3) is 0 Å². The number of nitrogens with zero attached hydrogens (tertiary/aromatic N) is 4. The molecule has 1 aliphatic heterocycles. The van der Waals surface area contributed by atoms with Crippen LogP contribution in [0, 0.1) is 17.2 Å². The van der Waals surface area contributed by atoms with Crippen LogP contribution in [0.1, 0.15) is 36.3 Å². The number of rotatable bonds is 5. The number of halogens is 1. The van der Waals surface area contributed by atoms with Crippen LogP contribution in [0.4, 0.5) is 4.39 Å². The highest BCUT2D eigenvalue weighted by molar-refractivity contribution is 5.93. The molecule has 0 saturated carbocycles. The quantitative estimate of drug-likeness (QED) is 0.881. The van der Waals surface area contributed by atoms with Gasteiger partial charge in [-0.1, -0.05) is 31.2 Å². The molecule has 1 atom stereocenters. The van der Waals surface area contributed by atoms with E-state index in [1.54, 1.807) is 12.1 Å². The van der Waals surface area contributed by atoms with Gasteiger partial charge in [-0.2, -0.15) is 0 Å². The van der Waals surface area contributed by atoms with Crippen molar-refractivity contribution in [2.24, 2.45) is 11.3 Å². The normalized spacial score (nSPS) is 19.9. The summed E-state index contributed by atoms with van der Waals surface area (Å²) in [5.74, 6) is -1.63. The Labute approximate surface area is 150 Å². The van der Waals surface area contributed by atoms with E-state index < -0.39 is 11.4 Å². The first-order valence-electron chi connectivity index (χ1n) is 8.49. The zero-order valence-electron chi connectivity index (χ0n) is 14.7. The molecule has 3 rings (SSSR count). The van der Waals surface area contributed by atoms with Crippen molar-refractivity contribution in [3.8, 4) is 0 Å². The SMILES string of the molecule is CC(C)C1(C(=O)O)CCN(C(=O)c2cn(Cc3cccc(F)c3)nn2)C1. The van der Waals surface area contributed by atoms with Crippen molar-refractivity contribution >= 4 is 11.9 Å². The number of benzene rings is 1. The van der Waals surface area contributed by atoms with Gasteiger partial charge in [0, 0.05) is 13.1 Å². The van der Waals surface area contributed by atoms with Crippen LogP contribution in [0.3, 0.4) is 0 Å². The van der Waals surface area contributed by atoms with Gasteiger partial charge in [-0.3, -0.25) is 9.59 Å².